The summed E-state index contributed by atoms with van der Waals surface area (Å²) in [5.41, 5.74) is -0.356. The molecule has 2 saturated heterocycles. The lowest BCUT2D eigenvalue weighted by Gasteiger charge is -2.43. The van der Waals surface area contributed by atoms with Gasteiger partial charge in [0.1, 0.15) is 17.0 Å². The van der Waals surface area contributed by atoms with Gasteiger partial charge in [0, 0.05) is 38.3 Å². The van der Waals surface area contributed by atoms with Crippen LogP contribution in [0.3, 0.4) is 0 Å². The summed E-state index contributed by atoms with van der Waals surface area (Å²) in [6, 6.07) is 11.5. The molecule has 38 heavy (non-hydrogen) atoms. The molecule has 204 valence electrons. The molecule has 0 saturated carbocycles. The van der Waals surface area contributed by atoms with Gasteiger partial charge < -0.3 is 34.6 Å². The first-order valence-corrected chi connectivity index (χ1v) is 12.5. The molecule has 0 bridgehead atoms. The summed E-state index contributed by atoms with van der Waals surface area (Å²) in [4.78, 5) is 41.3. The van der Waals surface area contributed by atoms with Crippen molar-refractivity contribution >= 4 is 23.2 Å². The fourth-order valence-corrected chi connectivity index (χ4v) is 4.92. The lowest BCUT2D eigenvalue weighted by Crippen LogP contribution is -2.66. The van der Waals surface area contributed by atoms with Gasteiger partial charge in [-0.05, 0) is 44.1 Å². The smallest absolute Gasteiger partial charge is 0.310 e. The van der Waals surface area contributed by atoms with Crippen molar-refractivity contribution in [2.75, 3.05) is 65.0 Å². The Labute approximate surface area is 221 Å². The van der Waals surface area contributed by atoms with E-state index in [9.17, 15) is 19.7 Å². The number of carbonyl (C=O) groups is 2. The van der Waals surface area contributed by atoms with Crippen LogP contribution in [0.2, 0.25) is 0 Å². The molecule has 0 radical (unpaired) electrons. The van der Waals surface area contributed by atoms with Crippen molar-refractivity contribution in [3.05, 3.63) is 52.6 Å². The molecule has 2 aromatic rings. The molecule has 0 spiro atoms. The van der Waals surface area contributed by atoms with Crippen molar-refractivity contribution in [3.8, 4) is 17.2 Å². The zero-order chi connectivity index (χ0) is 27.1. The number of hydrogen-bond donors (Lipinski definition) is 2. The van der Waals surface area contributed by atoms with Crippen LogP contribution in [-0.2, 0) is 9.59 Å². The van der Waals surface area contributed by atoms with Crippen LogP contribution in [0.25, 0.3) is 0 Å². The number of rotatable bonds is 9. The minimum Gasteiger partial charge on any atom is -0.497 e. The summed E-state index contributed by atoms with van der Waals surface area (Å²) in [7, 11) is 3.22. The van der Waals surface area contributed by atoms with Crippen LogP contribution in [0.5, 0.6) is 17.2 Å². The molecule has 4 rings (SSSR count). The quantitative estimate of drug-likeness (QED) is 0.368. The Morgan fingerprint density at radius 1 is 1.03 bits per heavy atom. The van der Waals surface area contributed by atoms with E-state index in [0.717, 1.165) is 5.69 Å². The van der Waals surface area contributed by atoms with E-state index in [1.54, 1.807) is 25.2 Å². The Hall–Kier alpha value is -4.06. The van der Waals surface area contributed by atoms with E-state index in [2.05, 4.69) is 15.5 Å². The molecule has 2 fully saturated rings. The van der Waals surface area contributed by atoms with E-state index in [4.69, 9.17) is 14.2 Å². The molecule has 2 N–H and O–H groups in total. The number of methoxy groups -OCH3 is 2. The van der Waals surface area contributed by atoms with Crippen molar-refractivity contribution in [1.82, 2.24) is 15.5 Å². The highest BCUT2D eigenvalue weighted by Gasteiger charge is 2.44. The molecule has 2 aliphatic heterocycles. The highest BCUT2D eigenvalue weighted by Crippen LogP contribution is 2.33. The fourth-order valence-electron chi connectivity index (χ4n) is 4.92. The van der Waals surface area contributed by atoms with Gasteiger partial charge in [-0.25, -0.2) is 0 Å². The highest BCUT2D eigenvalue weighted by molar-refractivity contribution is 5.92. The Morgan fingerprint density at radius 3 is 2.39 bits per heavy atom. The van der Waals surface area contributed by atoms with Crippen molar-refractivity contribution in [1.29, 1.82) is 0 Å². The van der Waals surface area contributed by atoms with Gasteiger partial charge >= 0.3 is 5.69 Å². The number of nitrogens with zero attached hydrogens (tertiary/aromatic N) is 3. The number of ether oxygens (including phenoxy) is 3. The molecule has 0 aromatic heterocycles. The highest BCUT2D eigenvalue weighted by atomic mass is 16.6. The molecule has 0 unspecified atom stereocenters. The summed E-state index contributed by atoms with van der Waals surface area (Å²) < 4.78 is 16.3. The predicted molar refractivity (Wildman–Crippen MR) is 140 cm³/mol. The van der Waals surface area contributed by atoms with Crippen LogP contribution in [0.15, 0.2) is 42.5 Å². The number of hydrogen-bond acceptors (Lipinski definition) is 9. The van der Waals surface area contributed by atoms with E-state index < -0.39 is 23.0 Å². The number of carbonyl (C=O) groups excluding carboxylic acids is 2. The van der Waals surface area contributed by atoms with Gasteiger partial charge in [0.15, 0.2) is 12.4 Å². The lowest BCUT2D eigenvalue weighted by atomic mass is 9.86. The number of anilines is 1. The second-order valence-electron chi connectivity index (χ2n) is 9.21. The number of amides is 2. The van der Waals surface area contributed by atoms with Crippen LogP contribution in [0.4, 0.5) is 11.4 Å². The number of para-hydroxylation sites is 2. The maximum atomic E-state index is 13.8. The third-order valence-electron chi connectivity index (χ3n) is 6.96. The molecule has 12 heteroatoms. The van der Waals surface area contributed by atoms with Crippen LogP contribution in [0, 0.1) is 10.1 Å². The van der Waals surface area contributed by atoms with Gasteiger partial charge in [0.2, 0.25) is 5.91 Å². The van der Waals surface area contributed by atoms with Crippen molar-refractivity contribution in [2.24, 2.45) is 0 Å². The molecule has 2 amide bonds. The topological polar surface area (TPSA) is 136 Å². The van der Waals surface area contributed by atoms with E-state index in [0.29, 0.717) is 63.6 Å². The molecule has 0 atom stereocenters. The van der Waals surface area contributed by atoms with E-state index >= 15 is 0 Å². The van der Waals surface area contributed by atoms with Crippen molar-refractivity contribution in [3.63, 3.8) is 0 Å². The SMILES string of the molecule is COc1ccc(N2CCN(C(=O)C3(NC(=O)COc4ccccc4[N+](=O)[O-])CCNCC3)CC2)c(OC)c1. The maximum absolute atomic E-state index is 13.8. The number of piperidine rings is 1. The van der Waals surface area contributed by atoms with E-state index in [-0.39, 0.29) is 17.3 Å². The van der Waals surface area contributed by atoms with E-state index in [1.165, 1.54) is 18.2 Å². The van der Waals surface area contributed by atoms with Crippen LogP contribution < -0.4 is 29.7 Å². The largest absolute Gasteiger partial charge is 0.497 e. The molecule has 12 nitrogen and oxygen atoms in total. The normalized spacial score (nSPS) is 16.9. The second kappa shape index (κ2) is 12.0. The molecule has 2 aliphatic rings. The summed E-state index contributed by atoms with van der Waals surface area (Å²) >= 11 is 0. The predicted octanol–water partition coefficient (Wildman–Crippen LogP) is 1.58. The minimum atomic E-state index is -1.06. The fraction of sp³-hybridized carbons (Fsp3) is 0.462. The average Bonchev–Trinajstić information content (AvgIpc) is 2.96. The summed E-state index contributed by atoms with van der Waals surface area (Å²) in [6.45, 7) is 2.94. The monoisotopic (exact) mass is 527 g/mol. The van der Waals surface area contributed by atoms with Gasteiger partial charge in [-0.15, -0.1) is 0 Å². The average molecular weight is 528 g/mol. The molecule has 2 aromatic carbocycles. The van der Waals surface area contributed by atoms with Crippen LogP contribution in [-0.4, -0.2) is 87.3 Å². The van der Waals surface area contributed by atoms with Crippen LogP contribution >= 0.6 is 0 Å². The summed E-state index contributed by atoms with van der Waals surface area (Å²) in [6.07, 6.45) is 0.880. The first kappa shape index (κ1) is 27.0. The van der Waals surface area contributed by atoms with Crippen LogP contribution in [0.1, 0.15) is 12.8 Å². The van der Waals surface area contributed by atoms with E-state index in [1.807, 2.05) is 18.2 Å². The van der Waals surface area contributed by atoms with Crippen molar-refractivity contribution < 1.29 is 28.7 Å². The van der Waals surface area contributed by atoms with Gasteiger partial charge in [-0.2, -0.15) is 0 Å². The summed E-state index contributed by atoms with van der Waals surface area (Å²) in [5, 5.41) is 17.4. The minimum absolute atomic E-state index is 0.00317. The van der Waals surface area contributed by atoms with Gasteiger partial charge in [0.25, 0.3) is 5.91 Å². The number of nitro benzene ring substituents is 1. The molecular formula is C26H33N5O7. The second-order valence-corrected chi connectivity index (χ2v) is 9.21. The Morgan fingerprint density at radius 2 is 1.74 bits per heavy atom. The number of nitro groups is 1. The Kier molecular flexibility index (Phi) is 8.52. The number of nitrogens with one attached hydrogen (secondary N) is 2. The standard InChI is InChI=1S/C26H33N5O7/c1-36-19-7-8-20(23(17-19)37-2)29-13-15-30(16-14-29)25(33)26(9-11-27-12-10-26)28-24(32)18-38-22-6-4-3-5-21(22)31(34)35/h3-8,17,27H,9-16,18H2,1-2H3,(H,28,32). The molecule has 2 heterocycles. The first-order valence-electron chi connectivity index (χ1n) is 12.5. The zero-order valence-corrected chi connectivity index (χ0v) is 21.6. The summed E-state index contributed by atoms with van der Waals surface area (Å²) in [5.74, 6) is 0.779. The Balaban J connectivity index is 1.40. The third kappa shape index (κ3) is 5.91. The maximum Gasteiger partial charge on any atom is 0.310 e. The van der Waals surface area contributed by atoms with Crippen molar-refractivity contribution in [2.45, 2.75) is 18.4 Å². The lowest BCUT2D eigenvalue weighted by molar-refractivity contribution is -0.385. The molecular weight excluding hydrogens is 494 g/mol. The third-order valence-corrected chi connectivity index (χ3v) is 6.96. The first-order chi connectivity index (χ1) is 18.4. The van der Waals surface area contributed by atoms with Gasteiger partial charge in [-0.1, -0.05) is 12.1 Å². The van der Waals surface area contributed by atoms with Gasteiger partial charge in [-0.3, -0.25) is 19.7 Å². The number of benzene rings is 2. The number of piperazine rings is 1. The molecule has 0 aliphatic carbocycles. The Bertz CT molecular complexity index is 1160. The zero-order valence-electron chi connectivity index (χ0n) is 21.6. The van der Waals surface area contributed by atoms with Gasteiger partial charge in [0.05, 0.1) is 24.8 Å².